The summed E-state index contributed by atoms with van der Waals surface area (Å²) < 4.78 is 0. The molecular formula is C11H12N2S. The molecule has 1 aromatic carbocycles. The number of thioether (sulfide) groups is 1. The van der Waals surface area contributed by atoms with Crippen molar-refractivity contribution in [3.63, 3.8) is 0 Å². The van der Waals surface area contributed by atoms with Crippen molar-refractivity contribution in [3.8, 4) is 0 Å². The molecule has 72 valence electrons. The standard InChI is InChI=1S/C11H12N2S/c1-8(2)14-11-9-5-3-4-6-10(9)12-7-13-11/h3-8H,1-2H3. The summed E-state index contributed by atoms with van der Waals surface area (Å²) in [5, 5.41) is 2.77. The van der Waals surface area contributed by atoms with Crippen LogP contribution in [-0.2, 0) is 0 Å². The molecule has 0 radical (unpaired) electrons. The van der Waals surface area contributed by atoms with Gasteiger partial charge in [-0.15, -0.1) is 11.8 Å². The highest BCUT2D eigenvalue weighted by molar-refractivity contribution is 8.00. The summed E-state index contributed by atoms with van der Waals surface area (Å²) >= 11 is 1.78. The molecule has 1 heterocycles. The molecule has 0 bridgehead atoms. The van der Waals surface area contributed by atoms with Crippen LogP contribution >= 0.6 is 11.8 Å². The number of rotatable bonds is 2. The van der Waals surface area contributed by atoms with E-state index >= 15 is 0 Å². The average molecular weight is 204 g/mol. The summed E-state index contributed by atoms with van der Waals surface area (Å²) in [6, 6.07) is 8.11. The van der Waals surface area contributed by atoms with Crippen LogP contribution in [0, 0.1) is 0 Å². The maximum absolute atomic E-state index is 4.30. The Labute approximate surface area is 87.8 Å². The molecule has 0 saturated heterocycles. The molecule has 1 aromatic heterocycles. The molecule has 2 aromatic rings. The lowest BCUT2D eigenvalue weighted by Crippen LogP contribution is -1.91. The predicted octanol–water partition coefficient (Wildman–Crippen LogP) is 3.13. The van der Waals surface area contributed by atoms with Crippen LogP contribution < -0.4 is 0 Å². The molecule has 0 fully saturated rings. The maximum Gasteiger partial charge on any atom is 0.117 e. The highest BCUT2D eigenvalue weighted by Gasteiger charge is 2.04. The van der Waals surface area contributed by atoms with Crippen molar-refractivity contribution >= 4 is 22.7 Å². The first-order valence-electron chi connectivity index (χ1n) is 4.64. The lowest BCUT2D eigenvalue weighted by molar-refractivity contribution is 1.06. The summed E-state index contributed by atoms with van der Waals surface area (Å²) in [4.78, 5) is 8.52. The van der Waals surface area contributed by atoms with Crippen LogP contribution in [-0.4, -0.2) is 15.2 Å². The second-order valence-corrected chi connectivity index (χ2v) is 4.93. The fourth-order valence-corrected chi connectivity index (χ4v) is 2.15. The van der Waals surface area contributed by atoms with Crippen LogP contribution in [0.4, 0.5) is 0 Å². The molecule has 3 heteroatoms. The molecule has 0 unspecified atom stereocenters. The van der Waals surface area contributed by atoms with Gasteiger partial charge < -0.3 is 0 Å². The Kier molecular flexibility index (Phi) is 2.68. The number of hydrogen-bond acceptors (Lipinski definition) is 3. The second kappa shape index (κ2) is 3.96. The fraction of sp³-hybridized carbons (Fsp3) is 0.273. The van der Waals surface area contributed by atoms with Gasteiger partial charge in [0.1, 0.15) is 11.4 Å². The number of benzene rings is 1. The highest BCUT2D eigenvalue weighted by Crippen LogP contribution is 2.26. The van der Waals surface area contributed by atoms with Gasteiger partial charge in [0.05, 0.1) is 5.52 Å². The van der Waals surface area contributed by atoms with Crippen molar-refractivity contribution in [1.82, 2.24) is 9.97 Å². The van der Waals surface area contributed by atoms with Gasteiger partial charge in [0, 0.05) is 10.6 Å². The largest absolute Gasteiger partial charge is 0.236 e. The second-order valence-electron chi connectivity index (χ2n) is 3.36. The van der Waals surface area contributed by atoms with Gasteiger partial charge in [0.25, 0.3) is 0 Å². The number of hydrogen-bond donors (Lipinski definition) is 0. The molecule has 0 saturated carbocycles. The molecule has 0 amide bonds. The summed E-state index contributed by atoms with van der Waals surface area (Å²) in [7, 11) is 0. The Balaban J connectivity index is 2.53. The zero-order valence-corrected chi connectivity index (χ0v) is 9.08. The summed E-state index contributed by atoms with van der Waals surface area (Å²) in [6.45, 7) is 4.34. The van der Waals surface area contributed by atoms with Crippen LogP contribution in [0.15, 0.2) is 35.6 Å². The topological polar surface area (TPSA) is 25.8 Å². The van der Waals surface area contributed by atoms with Crippen molar-refractivity contribution in [2.24, 2.45) is 0 Å². The first kappa shape index (κ1) is 9.46. The normalized spacial score (nSPS) is 11.1. The Morgan fingerprint density at radius 2 is 1.93 bits per heavy atom. The molecule has 0 aliphatic carbocycles. The van der Waals surface area contributed by atoms with Gasteiger partial charge in [-0.3, -0.25) is 0 Å². The lowest BCUT2D eigenvalue weighted by Gasteiger charge is -2.06. The Bertz CT molecular complexity index is 435. The number of nitrogens with zero attached hydrogens (tertiary/aromatic N) is 2. The fourth-order valence-electron chi connectivity index (χ4n) is 1.30. The van der Waals surface area contributed by atoms with E-state index in [0.717, 1.165) is 15.9 Å². The van der Waals surface area contributed by atoms with Gasteiger partial charge in [-0.1, -0.05) is 32.0 Å². The van der Waals surface area contributed by atoms with E-state index in [9.17, 15) is 0 Å². The zero-order valence-electron chi connectivity index (χ0n) is 8.27. The van der Waals surface area contributed by atoms with Crippen molar-refractivity contribution in [3.05, 3.63) is 30.6 Å². The third-order valence-corrected chi connectivity index (χ3v) is 2.87. The Morgan fingerprint density at radius 3 is 2.71 bits per heavy atom. The van der Waals surface area contributed by atoms with Crippen molar-refractivity contribution in [1.29, 1.82) is 0 Å². The van der Waals surface area contributed by atoms with E-state index in [2.05, 4.69) is 29.9 Å². The van der Waals surface area contributed by atoms with Crippen LogP contribution in [0.2, 0.25) is 0 Å². The average Bonchev–Trinajstić information content (AvgIpc) is 2.18. The van der Waals surface area contributed by atoms with Gasteiger partial charge >= 0.3 is 0 Å². The van der Waals surface area contributed by atoms with Crippen molar-refractivity contribution in [2.75, 3.05) is 0 Å². The molecule has 0 aliphatic heterocycles. The first-order chi connectivity index (χ1) is 6.77. The van der Waals surface area contributed by atoms with Crippen molar-refractivity contribution < 1.29 is 0 Å². The van der Waals surface area contributed by atoms with E-state index in [1.54, 1.807) is 18.1 Å². The molecule has 14 heavy (non-hydrogen) atoms. The van der Waals surface area contributed by atoms with Gasteiger partial charge in [-0.2, -0.15) is 0 Å². The smallest absolute Gasteiger partial charge is 0.117 e. The number of fused-ring (bicyclic) bond motifs is 1. The number of aromatic nitrogens is 2. The molecule has 0 atom stereocenters. The predicted molar refractivity (Wildman–Crippen MR) is 60.5 cm³/mol. The van der Waals surface area contributed by atoms with E-state index in [-0.39, 0.29) is 0 Å². The third kappa shape index (κ3) is 1.87. The maximum atomic E-state index is 4.30. The summed E-state index contributed by atoms with van der Waals surface area (Å²) in [5.74, 6) is 0. The minimum absolute atomic E-state index is 0.549. The molecular weight excluding hydrogens is 192 g/mol. The number of para-hydroxylation sites is 1. The molecule has 0 spiro atoms. The zero-order chi connectivity index (χ0) is 9.97. The van der Waals surface area contributed by atoms with Gasteiger partial charge in [0.2, 0.25) is 0 Å². The molecule has 2 nitrogen and oxygen atoms in total. The quantitative estimate of drug-likeness (QED) is 0.555. The molecule has 0 N–H and O–H groups in total. The summed E-state index contributed by atoms with van der Waals surface area (Å²) in [6.07, 6.45) is 1.63. The van der Waals surface area contributed by atoms with Gasteiger partial charge in [-0.25, -0.2) is 9.97 Å². The first-order valence-corrected chi connectivity index (χ1v) is 5.52. The van der Waals surface area contributed by atoms with Crippen LogP contribution in [0.25, 0.3) is 10.9 Å². The van der Waals surface area contributed by atoms with E-state index in [0.29, 0.717) is 5.25 Å². The lowest BCUT2D eigenvalue weighted by atomic mass is 10.2. The Hall–Kier alpha value is -1.09. The third-order valence-electron chi connectivity index (χ3n) is 1.85. The van der Waals surface area contributed by atoms with Gasteiger partial charge in [0.15, 0.2) is 0 Å². The van der Waals surface area contributed by atoms with Crippen molar-refractivity contribution in [2.45, 2.75) is 24.1 Å². The van der Waals surface area contributed by atoms with Crippen LogP contribution in [0.3, 0.4) is 0 Å². The molecule has 0 aliphatic rings. The summed E-state index contributed by atoms with van der Waals surface area (Å²) in [5.41, 5.74) is 1.02. The minimum Gasteiger partial charge on any atom is -0.236 e. The van der Waals surface area contributed by atoms with E-state index in [1.807, 2.05) is 18.2 Å². The van der Waals surface area contributed by atoms with Crippen LogP contribution in [0.1, 0.15) is 13.8 Å². The highest BCUT2D eigenvalue weighted by atomic mass is 32.2. The van der Waals surface area contributed by atoms with Gasteiger partial charge in [-0.05, 0) is 6.07 Å². The monoisotopic (exact) mass is 204 g/mol. The van der Waals surface area contributed by atoms with E-state index in [1.165, 1.54) is 0 Å². The van der Waals surface area contributed by atoms with E-state index in [4.69, 9.17) is 0 Å². The minimum atomic E-state index is 0.549. The molecule has 2 rings (SSSR count). The van der Waals surface area contributed by atoms with Crippen LogP contribution in [0.5, 0.6) is 0 Å². The SMILES string of the molecule is CC(C)Sc1ncnc2ccccc12. The Morgan fingerprint density at radius 1 is 1.14 bits per heavy atom. The van der Waals surface area contributed by atoms with E-state index < -0.39 is 0 Å².